The van der Waals surface area contributed by atoms with Crippen LogP contribution in [0.5, 0.6) is 5.75 Å². The van der Waals surface area contributed by atoms with Gasteiger partial charge in [-0.3, -0.25) is 4.79 Å². The first-order chi connectivity index (χ1) is 11.6. The highest BCUT2D eigenvalue weighted by atomic mass is 32.1. The second-order valence-corrected chi connectivity index (χ2v) is 7.73. The first-order valence-corrected chi connectivity index (χ1v) is 9.07. The third-order valence-corrected chi connectivity index (χ3v) is 6.10. The normalized spacial score (nSPS) is 24.8. The summed E-state index contributed by atoms with van der Waals surface area (Å²) in [6.45, 7) is 3.27. The molecule has 24 heavy (non-hydrogen) atoms. The van der Waals surface area contributed by atoms with Gasteiger partial charge in [0.05, 0.1) is 17.0 Å². The monoisotopic (exact) mass is 343 g/mol. The summed E-state index contributed by atoms with van der Waals surface area (Å²) < 4.78 is 5.47. The van der Waals surface area contributed by atoms with Crippen LogP contribution in [0.25, 0.3) is 10.4 Å². The molecule has 0 spiro atoms. The van der Waals surface area contributed by atoms with Gasteiger partial charge in [-0.25, -0.2) is 4.98 Å². The van der Waals surface area contributed by atoms with E-state index in [9.17, 15) is 4.79 Å². The molecule has 1 amide bonds. The van der Waals surface area contributed by atoms with E-state index in [2.05, 4.69) is 4.98 Å². The number of carbonyl (C=O) groups excluding carboxylic acids is 1. The second-order valence-electron chi connectivity index (χ2n) is 6.53. The molecule has 1 aromatic heterocycles. The molecule has 6 heteroatoms. The summed E-state index contributed by atoms with van der Waals surface area (Å²) in [6.07, 6.45) is 1.21. The van der Waals surface area contributed by atoms with E-state index < -0.39 is 0 Å². The van der Waals surface area contributed by atoms with Crippen LogP contribution in [0.4, 0.5) is 0 Å². The lowest BCUT2D eigenvalue weighted by molar-refractivity contribution is 0.0708. The lowest BCUT2D eigenvalue weighted by Gasteiger charge is -2.26. The number of hydrogen-bond donors (Lipinski definition) is 1. The quantitative estimate of drug-likeness (QED) is 0.926. The van der Waals surface area contributed by atoms with Crippen molar-refractivity contribution in [1.82, 2.24) is 9.88 Å². The van der Waals surface area contributed by atoms with E-state index in [4.69, 9.17) is 10.5 Å². The maximum absolute atomic E-state index is 13.2. The molecule has 2 fully saturated rings. The Morgan fingerprint density at radius 2 is 2.25 bits per heavy atom. The fraction of sp³-hybridized carbons (Fsp3) is 0.444. The van der Waals surface area contributed by atoms with E-state index in [0.29, 0.717) is 24.1 Å². The maximum Gasteiger partial charge on any atom is 0.274 e. The number of aryl methyl sites for hydroxylation is 1. The molecule has 0 radical (unpaired) electrons. The van der Waals surface area contributed by atoms with Gasteiger partial charge in [0.2, 0.25) is 0 Å². The number of likely N-dealkylation sites (tertiary alicyclic amines) is 1. The number of fused-ring (bicyclic) bond motifs is 1. The number of para-hydroxylation sites is 1. The van der Waals surface area contributed by atoms with Gasteiger partial charge in [0.15, 0.2) is 0 Å². The zero-order valence-electron chi connectivity index (χ0n) is 13.9. The molecule has 126 valence electrons. The van der Waals surface area contributed by atoms with Gasteiger partial charge in [0, 0.05) is 24.7 Å². The number of piperidine rings is 1. The molecule has 1 aromatic carbocycles. The number of nitrogens with zero attached hydrogens (tertiary/aromatic N) is 2. The minimum Gasteiger partial charge on any atom is -0.496 e. The number of nitrogens with two attached hydrogens (primary N) is 1. The number of thiazole rings is 1. The van der Waals surface area contributed by atoms with E-state index in [0.717, 1.165) is 27.7 Å². The molecule has 2 aliphatic rings. The van der Waals surface area contributed by atoms with Crippen LogP contribution >= 0.6 is 11.3 Å². The van der Waals surface area contributed by atoms with Gasteiger partial charge in [-0.1, -0.05) is 12.1 Å². The summed E-state index contributed by atoms with van der Waals surface area (Å²) in [6, 6.07) is 7.93. The van der Waals surface area contributed by atoms with Crippen LogP contribution in [0.1, 0.15) is 21.9 Å². The summed E-state index contributed by atoms with van der Waals surface area (Å²) >= 11 is 1.54. The predicted octanol–water partition coefficient (Wildman–Crippen LogP) is 2.55. The van der Waals surface area contributed by atoms with Gasteiger partial charge in [-0.15, -0.1) is 11.3 Å². The van der Waals surface area contributed by atoms with Crippen LogP contribution in [-0.2, 0) is 0 Å². The van der Waals surface area contributed by atoms with Crippen molar-refractivity contribution >= 4 is 17.2 Å². The topological polar surface area (TPSA) is 68.5 Å². The van der Waals surface area contributed by atoms with Gasteiger partial charge in [-0.2, -0.15) is 0 Å². The zero-order valence-corrected chi connectivity index (χ0v) is 14.7. The highest BCUT2D eigenvalue weighted by Crippen LogP contribution is 2.50. The van der Waals surface area contributed by atoms with E-state index in [1.165, 1.54) is 17.8 Å². The summed E-state index contributed by atoms with van der Waals surface area (Å²) in [5, 5.41) is 0.882. The number of rotatable bonds is 4. The molecule has 4 rings (SSSR count). The number of amides is 1. The van der Waals surface area contributed by atoms with Gasteiger partial charge in [-0.05, 0) is 37.3 Å². The summed E-state index contributed by atoms with van der Waals surface area (Å²) in [7, 11) is 1.65. The first kappa shape index (κ1) is 15.6. The fourth-order valence-electron chi connectivity index (χ4n) is 3.83. The van der Waals surface area contributed by atoms with Crippen LogP contribution in [-0.4, -0.2) is 42.0 Å². The molecule has 1 aliphatic carbocycles. The average molecular weight is 343 g/mol. The van der Waals surface area contributed by atoms with Gasteiger partial charge in [0.1, 0.15) is 11.4 Å². The van der Waals surface area contributed by atoms with Crippen molar-refractivity contribution in [2.45, 2.75) is 19.4 Å². The summed E-state index contributed by atoms with van der Waals surface area (Å²) in [4.78, 5) is 20.5. The van der Waals surface area contributed by atoms with E-state index >= 15 is 0 Å². The first-order valence-electron chi connectivity index (χ1n) is 8.26. The van der Waals surface area contributed by atoms with Crippen molar-refractivity contribution in [2.24, 2.45) is 17.6 Å². The van der Waals surface area contributed by atoms with Crippen molar-refractivity contribution in [3.8, 4) is 16.2 Å². The molecular weight excluding hydrogens is 322 g/mol. The van der Waals surface area contributed by atoms with Crippen molar-refractivity contribution < 1.29 is 9.53 Å². The number of ether oxygens (including phenoxy) is 1. The predicted molar refractivity (Wildman–Crippen MR) is 94.3 cm³/mol. The fourth-order valence-corrected chi connectivity index (χ4v) is 4.77. The molecule has 2 aromatic rings. The van der Waals surface area contributed by atoms with Gasteiger partial charge < -0.3 is 15.4 Å². The maximum atomic E-state index is 13.2. The average Bonchev–Trinajstić information content (AvgIpc) is 3.11. The Balaban J connectivity index is 1.73. The number of aromatic nitrogens is 1. The van der Waals surface area contributed by atoms with Crippen LogP contribution in [0.15, 0.2) is 24.3 Å². The van der Waals surface area contributed by atoms with Crippen LogP contribution in [0.3, 0.4) is 0 Å². The molecule has 0 bridgehead atoms. The highest BCUT2D eigenvalue weighted by molar-refractivity contribution is 7.15. The van der Waals surface area contributed by atoms with Crippen LogP contribution in [0, 0.1) is 18.8 Å². The molecule has 1 aliphatic heterocycles. The smallest absolute Gasteiger partial charge is 0.274 e. The summed E-state index contributed by atoms with van der Waals surface area (Å²) in [5.41, 5.74) is 7.37. The SMILES string of the molecule is COc1ccccc1-c1sc(C)nc1C(=O)N1C[C@H]2C[C@H]2[C@H]1CN. The van der Waals surface area contributed by atoms with E-state index in [-0.39, 0.29) is 11.9 Å². The molecule has 2 N–H and O–H groups in total. The molecule has 0 unspecified atom stereocenters. The summed E-state index contributed by atoms with van der Waals surface area (Å²) in [5.74, 6) is 1.99. The number of benzene rings is 1. The largest absolute Gasteiger partial charge is 0.496 e. The lowest BCUT2D eigenvalue weighted by atomic mass is 10.1. The Morgan fingerprint density at radius 1 is 1.46 bits per heavy atom. The standard InChI is InChI=1S/C18H21N3O2S/c1-10-20-16(17(24-10)12-5-3-4-6-15(12)23-2)18(22)21-9-11-7-13(11)14(21)8-19/h3-6,11,13-14H,7-9,19H2,1-2H3/t11-,13-,14-/m1/s1. The van der Waals surface area contributed by atoms with Gasteiger partial charge in [0.25, 0.3) is 5.91 Å². The third kappa shape index (κ3) is 2.41. The minimum atomic E-state index is 0.00269. The Kier molecular flexibility index (Phi) is 3.81. The molecule has 1 saturated heterocycles. The van der Waals surface area contributed by atoms with Crippen LogP contribution in [0.2, 0.25) is 0 Å². The Labute approximate surface area is 145 Å². The molecular formula is C18H21N3O2S. The Morgan fingerprint density at radius 3 is 3.00 bits per heavy atom. The van der Waals surface area contributed by atoms with Crippen LogP contribution < -0.4 is 10.5 Å². The highest BCUT2D eigenvalue weighted by Gasteiger charge is 2.53. The molecule has 3 atom stereocenters. The second kappa shape index (κ2) is 5.86. The Hall–Kier alpha value is -1.92. The number of methoxy groups -OCH3 is 1. The van der Waals surface area contributed by atoms with Crippen molar-refractivity contribution in [2.75, 3.05) is 20.2 Å². The van der Waals surface area contributed by atoms with Gasteiger partial charge >= 0.3 is 0 Å². The van der Waals surface area contributed by atoms with Crippen molar-refractivity contribution in [3.63, 3.8) is 0 Å². The molecule has 5 nitrogen and oxygen atoms in total. The zero-order chi connectivity index (χ0) is 16.8. The lowest BCUT2D eigenvalue weighted by Crippen LogP contribution is -2.43. The third-order valence-electron chi connectivity index (χ3n) is 5.09. The number of hydrogen-bond acceptors (Lipinski definition) is 5. The van der Waals surface area contributed by atoms with Crippen molar-refractivity contribution in [1.29, 1.82) is 0 Å². The molecule has 1 saturated carbocycles. The minimum absolute atomic E-state index is 0.00269. The van der Waals surface area contributed by atoms with Crippen molar-refractivity contribution in [3.05, 3.63) is 35.0 Å². The molecule has 2 heterocycles. The number of carbonyl (C=O) groups is 1. The van der Waals surface area contributed by atoms with E-state index in [1.54, 1.807) is 7.11 Å². The van der Waals surface area contributed by atoms with E-state index in [1.807, 2.05) is 36.1 Å². The Bertz CT molecular complexity index is 788.